The van der Waals surface area contributed by atoms with Gasteiger partial charge in [0.2, 0.25) is 0 Å². The van der Waals surface area contributed by atoms with Gasteiger partial charge in [0.1, 0.15) is 11.4 Å². The summed E-state index contributed by atoms with van der Waals surface area (Å²) in [4.78, 5) is 24.9. The van der Waals surface area contributed by atoms with E-state index < -0.39 is 17.6 Å². The Morgan fingerprint density at radius 1 is 1.40 bits per heavy atom. The van der Waals surface area contributed by atoms with Crippen molar-refractivity contribution in [2.75, 3.05) is 4.90 Å². The van der Waals surface area contributed by atoms with E-state index in [1.54, 1.807) is 4.90 Å². The number of fused-ring (bicyclic) bond motifs is 1. The Morgan fingerprint density at radius 3 is 2.70 bits per heavy atom. The molecule has 0 saturated heterocycles. The molecule has 1 heterocycles. The van der Waals surface area contributed by atoms with Crippen LogP contribution in [-0.4, -0.2) is 22.9 Å². The second-order valence-corrected chi connectivity index (χ2v) is 5.39. The number of aliphatic carboxylic acids is 1. The maximum Gasteiger partial charge on any atom is 0.340 e. The quantitative estimate of drug-likeness (QED) is 0.852. The van der Waals surface area contributed by atoms with E-state index in [2.05, 4.69) is 0 Å². The van der Waals surface area contributed by atoms with Crippen LogP contribution in [0.4, 0.5) is 10.1 Å². The molecule has 0 spiro atoms. The van der Waals surface area contributed by atoms with Crippen LogP contribution in [0.5, 0.6) is 0 Å². The van der Waals surface area contributed by atoms with Crippen LogP contribution in [0.1, 0.15) is 18.4 Å². The summed E-state index contributed by atoms with van der Waals surface area (Å²) >= 11 is 5.80. The van der Waals surface area contributed by atoms with Gasteiger partial charge < -0.3 is 10.0 Å². The lowest BCUT2D eigenvalue weighted by atomic mass is 10.0. The summed E-state index contributed by atoms with van der Waals surface area (Å²) in [5.41, 5.74) is 0.810. The van der Waals surface area contributed by atoms with E-state index >= 15 is 0 Å². The van der Waals surface area contributed by atoms with Crippen molar-refractivity contribution in [3.63, 3.8) is 0 Å². The van der Waals surface area contributed by atoms with Gasteiger partial charge in [0.05, 0.1) is 5.02 Å². The predicted octanol–water partition coefficient (Wildman–Crippen LogP) is 2.54. The number of carboxylic acid groups (broad SMARTS) is 1. The van der Waals surface area contributed by atoms with E-state index in [1.165, 1.54) is 18.3 Å². The SMILES string of the molecule is O=C(O)C1=CN(C2CC2)c2cc(Cl)c(F)cc2CC1=O. The van der Waals surface area contributed by atoms with Crippen molar-refractivity contribution in [1.82, 2.24) is 0 Å². The molecule has 0 bridgehead atoms. The van der Waals surface area contributed by atoms with Crippen LogP contribution in [0.25, 0.3) is 0 Å². The molecule has 2 aliphatic rings. The summed E-state index contributed by atoms with van der Waals surface area (Å²) < 4.78 is 13.6. The number of carboxylic acids is 1. The molecule has 1 aromatic rings. The highest BCUT2D eigenvalue weighted by atomic mass is 35.5. The number of carbonyl (C=O) groups excluding carboxylic acids is 1. The van der Waals surface area contributed by atoms with Gasteiger partial charge in [-0.05, 0) is 30.5 Å². The Kier molecular flexibility index (Phi) is 3.01. The molecule has 0 radical (unpaired) electrons. The number of ketones is 1. The summed E-state index contributed by atoms with van der Waals surface area (Å²) in [7, 11) is 0. The minimum absolute atomic E-state index is 0.0333. The minimum Gasteiger partial charge on any atom is -0.478 e. The number of halogens is 2. The molecule has 1 aliphatic carbocycles. The summed E-state index contributed by atoms with van der Waals surface area (Å²) in [6.45, 7) is 0. The summed E-state index contributed by atoms with van der Waals surface area (Å²) in [5, 5.41) is 9.09. The number of benzene rings is 1. The fourth-order valence-electron chi connectivity index (χ4n) is 2.34. The molecule has 1 aromatic carbocycles. The van der Waals surface area contributed by atoms with Crippen molar-refractivity contribution in [3.8, 4) is 0 Å². The fraction of sp³-hybridized carbons (Fsp3) is 0.286. The second kappa shape index (κ2) is 4.59. The van der Waals surface area contributed by atoms with E-state index in [1.807, 2.05) is 0 Å². The van der Waals surface area contributed by atoms with Gasteiger partial charge >= 0.3 is 5.97 Å². The van der Waals surface area contributed by atoms with Gasteiger partial charge in [-0.3, -0.25) is 4.79 Å². The molecule has 20 heavy (non-hydrogen) atoms. The molecule has 1 saturated carbocycles. The molecular formula is C14H11ClFNO3. The van der Waals surface area contributed by atoms with Crippen molar-refractivity contribution in [2.45, 2.75) is 25.3 Å². The van der Waals surface area contributed by atoms with E-state index in [9.17, 15) is 14.0 Å². The van der Waals surface area contributed by atoms with Crippen LogP contribution in [-0.2, 0) is 16.0 Å². The molecule has 0 aromatic heterocycles. The zero-order valence-corrected chi connectivity index (χ0v) is 11.2. The number of anilines is 1. The molecule has 4 nitrogen and oxygen atoms in total. The van der Waals surface area contributed by atoms with Gasteiger partial charge in [-0.1, -0.05) is 11.6 Å². The van der Waals surface area contributed by atoms with E-state index in [0.29, 0.717) is 11.3 Å². The van der Waals surface area contributed by atoms with Crippen LogP contribution in [0.3, 0.4) is 0 Å². The summed E-state index contributed by atoms with van der Waals surface area (Å²) in [5.74, 6) is -2.39. The highest BCUT2D eigenvalue weighted by molar-refractivity contribution is 6.31. The number of carbonyl (C=O) groups is 2. The third-order valence-electron chi connectivity index (χ3n) is 3.49. The number of hydrogen-bond acceptors (Lipinski definition) is 3. The lowest BCUT2D eigenvalue weighted by Crippen LogP contribution is -2.21. The van der Waals surface area contributed by atoms with Crippen LogP contribution >= 0.6 is 11.6 Å². The number of nitrogens with zero attached hydrogens (tertiary/aromatic N) is 1. The Hall–Kier alpha value is -1.88. The van der Waals surface area contributed by atoms with Crippen molar-refractivity contribution in [1.29, 1.82) is 0 Å². The van der Waals surface area contributed by atoms with Crippen LogP contribution in [0.2, 0.25) is 5.02 Å². The number of rotatable bonds is 2. The number of Topliss-reactive ketones (excluding diaryl/α,β-unsaturated/α-hetero) is 1. The van der Waals surface area contributed by atoms with E-state index in [0.717, 1.165) is 12.8 Å². The third-order valence-corrected chi connectivity index (χ3v) is 3.78. The Bertz CT molecular complexity index is 652. The average molecular weight is 296 g/mol. The average Bonchev–Trinajstić information content (AvgIpc) is 3.18. The molecular weight excluding hydrogens is 285 g/mol. The first kappa shape index (κ1) is 13.1. The predicted molar refractivity (Wildman–Crippen MR) is 71.3 cm³/mol. The summed E-state index contributed by atoms with van der Waals surface area (Å²) in [6.07, 6.45) is 3.03. The maximum atomic E-state index is 13.6. The van der Waals surface area contributed by atoms with Gasteiger partial charge in [-0.2, -0.15) is 0 Å². The van der Waals surface area contributed by atoms with E-state index in [-0.39, 0.29) is 23.1 Å². The molecule has 1 fully saturated rings. The normalized spacial score (nSPS) is 18.4. The van der Waals surface area contributed by atoms with Gasteiger partial charge in [-0.25, -0.2) is 9.18 Å². The first-order chi connectivity index (χ1) is 9.47. The maximum absolute atomic E-state index is 13.6. The van der Waals surface area contributed by atoms with E-state index in [4.69, 9.17) is 16.7 Å². The molecule has 104 valence electrons. The van der Waals surface area contributed by atoms with Gasteiger partial charge in [0.25, 0.3) is 0 Å². The first-order valence-electron chi connectivity index (χ1n) is 6.22. The van der Waals surface area contributed by atoms with Crippen LogP contribution in [0.15, 0.2) is 23.9 Å². The standard InChI is InChI=1S/C14H11ClFNO3/c15-10-5-12-7(3-11(10)16)4-13(18)9(14(19)20)6-17(12)8-1-2-8/h3,5-6,8H,1-2,4H2,(H,19,20). The van der Waals surface area contributed by atoms with Crippen molar-refractivity contribution < 1.29 is 19.1 Å². The molecule has 0 atom stereocenters. The summed E-state index contributed by atoms with van der Waals surface area (Å²) in [6, 6.07) is 2.82. The number of hydrogen-bond donors (Lipinski definition) is 1. The Labute approximate surface area is 119 Å². The van der Waals surface area contributed by atoms with Gasteiger partial charge in [0.15, 0.2) is 5.78 Å². The minimum atomic E-state index is -1.26. The lowest BCUT2D eigenvalue weighted by molar-refractivity contribution is -0.134. The second-order valence-electron chi connectivity index (χ2n) is 4.98. The highest BCUT2D eigenvalue weighted by Gasteiger charge is 2.34. The largest absolute Gasteiger partial charge is 0.478 e. The lowest BCUT2D eigenvalue weighted by Gasteiger charge is -2.22. The van der Waals surface area contributed by atoms with Gasteiger partial charge in [-0.15, -0.1) is 0 Å². The fourth-order valence-corrected chi connectivity index (χ4v) is 2.50. The Morgan fingerprint density at radius 2 is 2.10 bits per heavy atom. The molecule has 1 aliphatic heterocycles. The zero-order valence-electron chi connectivity index (χ0n) is 10.4. The van der Waals surface area contributed by atoms with Crippen LogP contribution < -0.4 is 4.90 Å². The monoisotopic (exact) mass is 295 g/mol. The molecule has 6 heteroatoms. The molecule has 1 N–H and O–H groups in total. The van der Waals surface area contributed by atoms with Crippen molar-refractivity contribution >= 4 is 29.0 Å². The Balaban J connectivity index is 2.16. The van der Waals surface area contributed by atoms with Crippen LogP contribution in [0, 0.1) is 5.82 Å². The van der Waals surface area contributed by atoms with Gasteiger partial charge in [0, 0.05) is 24.4 Å². The topological polar surface area (TPSA) is 57.6 Å². The smallest absolute Gasteiger partial charge is 0.340 e. The molecule has 0 amide bonds. The van der Waals surface area contributed by atoms with Crippen molar-refractivity contribution in [2.24, 2.45) is 0 Å². The zero-order chi connectivity index (χ0) is 14.4. The first-order valence-corrected chi connectivity index (χ1v) is 6.59. The molecule has 3 rings (SSSR count). The van der Waals surface area contributed by atoms with Crippen molar-refractivity contribution in [3.05, 3.63) is 40.3 Å². The molecule has 0 unspecified atom stereocenters. The highest BCUT2D eigenvalue weighted by Crippen LogP contribution is 2.38. The third kappa shape index (κ3) is 2.18.